The Morgan fingerprint density at radius 3 is 2.82 bits per heavy atom. The van der Waals surface area contributed by atoms with Crippen molar-refractivity contribution in [3.05, 3.63) is 29.6 Å². The number of nitrogens with zero attached hydrogens (tertiary/aromatic N) is 2. The molecule has 0 spiro atoms. The van der Waals surface area contributed by atoms with Crippen LogP contribution < -0.4 is 5.32 Å². The van der Waals surface area contributed by atoms with Crippen molar-refractivity contribution in [3.8, 4) is 6.07 Å². The molecule has 1 aromatic rings. The first-order valence-corrected chi connectivity index (χ1v) is 5.18. The average molecular weight is 235 g/mol. The van der Waals surface area contributed by atoms with E-state index in [-0.39, 0.29) is 11.5 Å². The number of nitriles is 1. The smallest absolute Gasteiger partial charge is 0.223 e. The lowest BCUT2D eigenvalue weighted by atomic mass is 10.2. The highest BCUT2D eigenvalue weighted by atomic mass is 19.1. The Balaban J connectivity index is 2.58. The first-order valence-electron chi connectivity index (χ1n) is 5.18. The molecule has 17 heavy (non-hydrogen) atoms. The third-order valence-corrected chi connectivity index (χ3v) is 2.26. The summed E-state index contributed by atoms with van der Waals surface area (Å²) in [5.74, 6) is -0.449. The van der Waals surface area contributed by atoms with Gasteiger partial charge in [-0.05, 0) is 18.2 Å². The number of halogens is 1. The summed E-state index contributed by atoms with van der Waals surface area (Å²) in [5.41, 5.74) is 0.780. The molecule has 0 aliphatic carbocycles. The highest BCUT2D eigenvalue weighted by molar-refractivity contribution is 5.76. The molecule has 0 bridgehead atoms. The summed E-state index contributed by atoms with van der Waals surface area (Å²) in [6.07, 6.45) is 0.329. The van der Waals surface area contributed by atoms with Gasteiger partial charge in [0.05, 0.1) is 11.3 Å². The van der Waals surface area contributed by atoms with Gasteiger partial charge in [-0.25, -0.2) is 4.39 Å². The number of carbonyl (C=O) groups excluding carboxylic acids is 1. The standard InChI is InChI=1S/C12H14FN3O/c1-16(2)12(17)5-6-15-11-4-3-10(13)7-9(11)8-14/h3-4,7,15H,5-6H2,1-2H3. The van der Waals surface area contributed by atoms with E-state index in [4.69, 9.17) is 5.26 Å². The van der Waals surface area contributed by atoms with Crippen molar-refractivity contribution in [1.29, 1.82) is 5.26 Å². The Kier molecular flexibility index (Phi) is 4.46. The fourth-order valence-corrected chi connectivity index (χ4v) is 1.29. The first-order chi connectivity index (χ1) is 8.04. The number of rotatable bonds is 4. The predicted octanol–water partition coefficient (Wildman–Crippen LogP) is 1.59. The maximum Gasteiger partial charge on any atom is 0.223 e. The van der Waals surface area contributed by atoms with Gasteiger partial charge < -0.3 is 10.2 Å². The molecule has 0 aliphatic heterocycles. The third kappa shape index (κ3) is 3.76. The van der Waals surface area contributed by atoms with Crippen molar-refractivity contribution < 1.29 is 9.18 Å². The Bertz CT molecular complexity index is 452. The van der Waals surface area contributed by atoms with Gasteiger partial charge in [0.1, 0.15) is 11.9 Å². The molecule has 1 N–H and O–H groups in total. The van der Waals surface area contributed by atoms with Crippen LogP contribution >= 0.6 is 0 Å². The number of anilines is 1. The lowest BCUT2D eigenvalue weighted by molar-refractivity contribution is -0.128. The van der Waals surface area contributed by atoms with E-state index in [2.05, 4.69) is 5.32 Å². The highest BCUT2D eigenvalue weighted by Crippen LogP contribution is 2.15. The Labute approximate surface area is 99.7 Å². The van der Waals surface area contributed by atoms with E-state index in [9.17, 15) is 9.18 Å². The summed E-state index contributed by atoms with van der Waals surface area (Å²) in [7, 11) is 3.36. The quantitative estimate of drug-likeness (QED) is 0.862. The first kappa shape index (κ1) is 13.0. The van der Waals surface area contributed by atoms with Gasteiger partial charge in [0, 0.05) is 27.1 Å². The minimum Gasteiger partial charge on any atom is -0.383 e. The summed E-state index contributed by atoms with van der Waals surface area (Å²) in [4.78, 5) is 12.8. The maximum absolute atomic E-state index is 12.9. The molecule has 0 fully saturated rings. The molecule has 1 aromatic carbocycles. The number of amides is 1. The Hall–Kier alpha value is -2.09. The van der Waals surface area contributed by atoms with Crippen LogP contribution in [0.15, 0.2) is 18.2 Å². The van der Waals surface area contributed by atoms with Crippen molar-refractivity contribution in [2.24, 2.45) is 0 Å². The zero-order chi connectivity index (χ0) is 12.8. The average Bonchev–Trinajstić information content (AvgIpc) is 2.30. The molecular weight excluding hydrogens is 221 g/mol. The molecule has 0 radical (unpaired) electrons. The van der Waals surface area contributed by atoms with Crippen LogP contribution in [-0.2, 0) is 4.79 Å². The number of hydrogen-bond donors (Lipinski definition) is 1. The van der Waals surface area contributed by atoms with Gasteiger partial charge in [-0.2, -0.15) is 5.26 Å². The second-order valence-corrected chi connectivity index (χ2v) is 3.77. The molecule has 0 aromatic heterocycles. The summed E-state index contributed by atoms with van der Waals surface area (Å²) < 4.78 is 12.9. The minimum absolute atomic E-state index is 0.00174. The molecule has 0 saturated carbocycles. The summed E-state index contributed by atoms with van der Waals surface area (Å²) in [5, 5.41) is 11.7. The van der Waals surface area contributed by atoms with E-state index in [0.29, 0.717) is 18.7 Å². The van der Waals surface area contributed by atoms with Crippen LogP contribution in [0.4, 0.5) is 10.1 Å². The number of carbonyl (C=O) groups is 1. The van der Waals surface area contributed by atoms with Crippen LogP contribution in [0.3, 0.4) is 0 Å². The van der Waals surface area contributed by atoms with Gasteiger partial charge in [-0.1, -0.05) is 0 Å². The summed E-state index contributed by atoms with van der Waals surface area (Å²) in [6, 6.07) is 5.83. The lowest BCUT2D eigenvalue weighted by Gasteiger charge is -2.11. The second kappa shape index (κ2) is 5.85. The summed E-state index contributed by atoms with van der Waals surface area (Å²) >= 11 is 0. The van der Waals surface area contributed by atoms with E-state index in [1.54, 1.807) is 14.1 Å². The molecule has 0 atom stereocenters. The molecule has 0 unspecified atom stereocenters. The van der Waals surface area contributed by atoms with E-state index < -0.39 is 5.82 Å². The molecule has 90 valence electrons. The zero-order valence-electron chi connectivity index (χ0n) is 9.83. The molecule has 5 heteroatoms. The van der Waals surface area contributed by atoms with Gasteiger partial charge in [-0.15, -0.1) is 0 Å². The normalized spacial score (nSPS) is 9.53. The van der Waals surface area contributed by atoms with Crippen molar-refractivity contribution in [1.82, 2.24) is 4.90 Å². The van der Waals surface area contributed by atoms with Crippen molar-refractivity contribution in [2.75, 3.05) is 26.0 Å². The second-order valence-electron chi connectivity index (χ2n) is 3.77. The lowest BCUT2D eigenvalue weighted by Crippen LogP contribution is -2.24. The van der Waals surface area contributed by atoms with Crippen molar-refractivity contribution in [3.63, 3.8) is 0 Å². The van der Waals surface area contributed by atoms with Crippen LogP contribution in [0, 0.1) is 17.1 Å². The van der Waals surface area contributed by atoms with Crippen molar-refractivity contribution >= 4 is 11.6 Å². The molecular formula is C12H14FN3O. The van der Waals surface area contributed by atoms with Crippen LogP contribution in [0.25, 0.3) is 0 Å². The summed E-state index contributed by atoms with van der Waals surface area (Å²) in [6.45, 7) is 0.414. The van der Waals surface area contributed by atoms with Gasteiger partial charge in [0.15, 0.2) is 0 Å². The number of hydrogen-bond acceptors (Lipinski definition) is 3. The Morgan fingerprint density at radius 1 is 1.53 bits per heavy atom. The van der Waals surface area contributed by atoms with Gasteiger partial charge >= 0.3 is 0 Å². The topological polar surface area (TPSA) is 56.1 Å². The molecule has 1 amide bonds. The fourth-order valence-electron chi connectivity index (χ4n) is 1.29. The maximum atomic E-state index is 12.9. The minimum atomic E-state index is -0.448. The molecule has 4 nitrogen and oxygen atoms in total. The van der Waals surface area contributed by atoms with Crippen molar-refractivity contribution in [2.45, 2.75) is 6.42 Å². The van der Waals surface area contributed by atoms with Crippen LogP contribution in [0.5, 0.6) is 0 Å². The van der Waals surface area contributed by atoms with E-state index in [1.165, 1.54) is 17.0 Å². The SMILES string of the molecule is CN(C)C(=O)CCNc1ccc(F)cc1C#N. The number of benzene rings is 1. The van der Waals surface area contributed by atoms with E-state index in [0.717, 1.165) is 6.07 Å². The third-order valence-electron chi connectivity index (χ3n) is 2.26. The van der Waals surface area contributed by atoms with E-state index in [1.807, 2.05) is 6.07 Å². The molecule has 0 saturated heterocycles. The predicted molar refractivity (Wildman–Crippen MR) is 62.9 cm³/mol. The Morgan fingerprint density at radius 2 is 2.24 bits per heavy atom. The van der Waals surface area contributed by atoms with E-state index >= 15 is 0 Å². The molecule has 0 aliphatic rings. The van der Waals surface area contributed by atoms with Gasteiger partial charge in [-0.3, -0.25) is 4.79 Å². The largest absolute Gasteiger partial charge is 0.383 e. The molecule has 0 heterocycles. The molecule has 1 rings (SSSR count). The van der Waals surface area contributed by atoms with Crippen LogP contribution in [0.2, 0.25) is 0 Å². The fraction of sp³-hybridized carbons (Fsp3) is 0.333. The van der Waals surface area contributed by atoms with Crippen LogP contribution in [0.1, 0.15) is 12.0 Å². The van der Waals surface area contributed by atoms with Gasteiger partial charge in [0.25, 0.3) is 0 Å². The monoisotopic (exact) mass is 235 g/mol. The highest BCUT2D eigenvalue weighted by Gasteiger charge is 2.06. The number of nitrogens with one attached hydrogen (secondary N) is 1. The van der Waals surface area contributed by atoms with Gasteiger partial charge in [0.2, 0.25) is 5.91 Å². The zero-order valence-corrected chi connectivity index (χ0v) is 9.83. The van der Waals surface area contributed by atoms with Crippen LogP contribution in [-0.4, -0.2) is 31.4 Å².